The molecule has 0 unspecified atom stereocenters. The van der Waals surface area contributed by atoms with E-state index in [0.717, 1.165) is 25.5 Å². The number of hydrogen-bond acceptors (Lipinski definition) is 2. The summed E-state index contributed by atoms with van der Waals surface area (Å²) in [5, 5.41) is 6.04. The standard InChI is InChI=1S/C16H26N4O/c1-4-11-18-15(21)12-19-16(17-5-2)20(3)13-14-9-7-6-8-10-14/h6-10H,4-5,11-13H2,1-3H3,(H,17,19)(H,18,21). The molecule has 2 N–H and O–H groups in total. The highest BCUT2D eigenvalue weighted by Gasteiger charge is 2.07. The highest BCUT2D eigenvalue weighted by molar-refractivity contribution is 5.84. The van der Waals surface area contributed by atoms with Crippen LogP contribution in [-0.4, -0.2) is 43.4 Å². The van der Waals surface area contributed by atoms with Gasteiger partial charge in [0.05, 0.1) is 0 Å². The molecule has 0 spiro atoms. The van der Waals surface area contributed by atoms with E-state index in [4.69, 9.17) is 0 Å². The van der Waals surface area contributed by atoms with E-state index in [-0.39, 0.29) is 12.5 Å². The summed E-state index contributed by atoms with van der Waals surface area (Å²) >= 11 is 0. The van der Waals surface area contributed by atoms with Gasteiger partial charge in [0.15, 0.2) is 5.96 Å². The second-order valence-corrected chi connectivity index (χ2v) is 4.86. The summed E-state index contributed by atoms with van der Waals surface area (Å²) in [6, 6.07) is 10.2. The van der Waals surface area contributed by atoms with Gasteiger partial charge in [-0.25, -0.2) is 4.99 Å². The van der Waals surface area contributed by atoms with Crippen LogP contribution < -0.4 is 10.6 Å². The van der Waals surface area contributed by atoms with E-state index in [9.17, 15) is 4.79 Å². The zero-order valence-electron chi connectivity index (χ0n) is 13.2. The Morgan fingerprint density at radius 3 is 2.52 bits per heavy atom. The SMILES string of the molecule is CCCNC(=O)CN=C(NCC)N(C)Cc1ccccc1. The molecule has 0 atom stereocenters. The second kappa shape index (κ2) is 9.80. The quantitative estimate of drug-likeness (QED) is 0.592. The highest BCUT2D eigenvalue weighted by atomic mass is 16.1. The maximum Gasteiger partial charge on any atom is 0.241 e. The number of carbonyl (C=O) groups excluding carboxylic acids is 1. The van der Waals surface area contributed by atoms with E-state index in [1.165, 1.54) is 5.56 Å². The normalized spacial score (nSPS) is 11.1. The number of hydrogen-bond donors (Lipinski definition) is 2. The molecule has 0 radical (unpaired) electrons. The Kier molecular flexibility index (Phi) is 7.94. The molecule has 0 saturated heterocycles. The Morgan fingerprint density at radius 1 is 1.19 bits per heavy atom. The van der Waals surface area contributed by atoms with Gasteiger partial charge in [0.1, 0.15) is 6.54 Å². The fraction of sp³-hybridized carbons (Fsp3) is 0.500. The summed E-state index contributed by atoms with van der Waals surface area (Å²) in [6.07, 6.45) is 0.934. The molecule has 21 heavy (non-hydrogen) atoms. The van der Waals surface area contributed by atoms with Crippen LogP contribution in [0.3, 0.4) is 0 Å². The van der Waals surface area contributed by atoms with Gasteiger partial charge in [0, 0.05) is 26.7 Å². The van der Waals surface area contributed by atoms with Crippen molar-refractivity contribution in [3.63, 3.8) is 0 Å². The van der Waals surface area contributed by atoms with Crippen molar-refractivity contribution in [3.05, 3.63) is 35.9 Å². The van der Waals surface area contributed by atoms with Crippen molar-refractivity contribution in [3.8, 4) is 0 Å². The molecule has 1 rings (SSSR count). The molecule has 5 heteroatoms. The molecular formula is C16H26N4O. The third-order valence-electron chi connectivity index (χ3n) is 2.90. The number of amides is 1. The molecule has 0 bridgehead atoms. The number of benzene rings is 1. The number of aliphatic imine (C=N–C) groups is 1. The van der Waals surface area contributed by atoms with E-state index in [2.05, 4.69) is 27.8 Å². The first kappa shape index (κ1) is 17.0. The van der Waals surface area contributed by atoms with Crippen molar-refractivity contribution in [2.75, 3.05) is 26.7 Å². The van der Waals surface area contributed by atoms with Crippen molar-refractivity contribution in [1.82, 2.24) is 15.5 Å². The minimum atomic E-state index is -0.0413. The van der Waals surface area contributed by atoms with Gasteiger partial charge in [-0.15, -0.1) is 0 Å². The summed E-state index contributed by atoms with van der Waals surface area (Å²) in [6.45, 7) is 6.42. The molecule has 0 aliphatic rings. The Bertz CT molecular complexity index is 445. The number of nitrogens with one attached hydrogen (secondary N) is 2. The van der Waals surface area contributed by atoms with Crippen LogP contribution in [0.4, 0.5) is 0 Å². The van der Waals surface area contributed by atoms with Crippen LogP contribution in [0.25, 0.3) is 0 Å². The van der Waals surface area contributed by atoms with E-state index in [1.54, 1.807) is 0 Å². The van der Waals surface area contributed by atoms with Gasteiger partial charge in [-0.3, -0.25) is 4.79 Å². The van der Waals surface area contributed by atoms with E-state index in [1.807, 2.05) is 44.0 Å². The molecule has 0 saturated carbocycles. The molecule has 1 aromatic carbocycles. The Balaban J connectivity index is 2.60. The zero-order valence-corrected chi connectivity index (χ0v) is 13.2. The van der Waals surface area contributed by atoms with Crippen LogP contribution in [0.5, 0.6) is 0 Å². The number of nitrogens with zero attached hydrogens (tertiary/aromatic N) is 2. The van der Waals surface area contributed by atoms with Crippen molar-refractivity contribution in [2.45, 2.75) is 26.8 Å². The molecule has 0 heterocycles. The minimum absolute atomic E-state index is 0.0413. The molecule has 0 aliphatic carbocycles. The fourth-order valence-electron chi connectivity index (χ4n) is 1.87. The van der Waals surface area contributed by atoms with Crippen LogP contribution in [0.1, 0.15) is 25.8 Å². The molecule has 0 fully saturated rings. The van der Waals surface area contributed by atoms with Crippen molar-refractivity contribution in [2.24, 2.45) is 4.99 Å². The van der Waals surface area contributed by atoms with Crippen LogP contribution >= 0.6 is 0 Å². The van der Waals surface area contributed by atoms with Gasteiger partial charge in [-0.2, -0.15) is 0 Å². The third kappa shape index (κ3) is 6.79. The maximum absolute atomic E-state index is 11.6. The zero-order chi connectivity index (χ0) is 15.5. The largest absolute Gasteiger partial charge is 0.357 e. The molecular weight excluding hydrogens is 264 g/mol. The summed E-state index contributed by atoms with van der Waals surface area (Å²) in [7, 11) is 1.97. The van der Waals surface area contributed by atoms with Gasteiger partial charge in [0.25, 0.3) is 0 Å². The van der Waals surface area contributed by atoms with Gasteiger partial charge < -0.3 is 15.5 Å². The third-order valence-corrected chi connectivity index (χ3v) is 2.90. The van der Waals surface area contributed by atoms with Crippen molar-refractivity contribution >= 4 is 11.9 Å². The lowest BCUT2D eigenvalue weighted by atomic mass is 10.2. The lowest BCUT2D eigenvalue weighted by Gasteiger charge is -2.22. The van der Waals surface area contributed by atoms with Crippen LogP contribution in [0.15, 0.2) is 35.3 Å². The van der Waals surface area contributed by atoms with Crippen LogP contribution in [0.2, 0.25) is 0 Å². The predicted molar refractivity (Wildman–Crippen MR) is 87.2 cm³/mol. The summed E-state index contributed by atoms with van der Waals surface area (Å²) in [4.78, 5) is 18.0. The summed E-state index contributed by atoms with van der Waals surface area (Å²) < 4.78 is 0. The fourth-order valence-corrected chi connectivity index (χ4v) is 1.87. The molecule has 116 valence electrons. The van der Waals surface area contributed by atoms with E-state index >= 15 is 0 Å². The molecule has 0 aromatic heterocycles. The average Bonchev–Trinajstić information content (AvgIpc) is 2.50. The monoisotopic (exact) mass is 290 g/mol. The van der Waals surface area contributed by atoms with Gasteiger partial charge in [-0.1, -0.05) is 37.3 Å². The van der Waals surface area contributed by atoms with Gasteiger partial charge in [0.2, 0.25) is 5.91 Å². The Hall–Kier alpha value is -2.04. The van der Waals surface area contributed by atoms with Crippen molar-refractivity contribution < 1.29 is 4.79 Å². The topological polar surface area (TPSA) is 56.7 Å². The maximum atomic E-state index is 11.6. The number of guanidine groups is 1. The Labute approximate surface area is 127 Å². The van der Waals surface area contributed by atoms with E-state index in [0.29, 0.717) is 6.54 Å². The minimum Gasteiger partial charge on any atom is -0.357 e. The lowest BCUT2D eigenvalue weighted by Crippen LogP contribution is -2.39. The molecule has 5 nitrogen and oxygen atoms in total. The highest BCUT2D eigenvalue weighted by Crippen LogP contribution is 2.02. The average molecular weight is 290 g/mol. The smallest absolute Gasteiger partial charge is 0.241 e. The lowest BCUT2D eigenvalue weighted by molar-refractivity contribution is -0.119. The number of carbonyl (C=O) groups is 1. The van der Waals surface area contributed by atoms with Crippen LogP contribution in [0, 0.1) is 0 Å². The summed E-state index contributed by atoms with van der Waals surface area (Å²) in [5.74, 6) is 0.702. The first-order chi connectivity index (χ1) is 10.2. The summed E-state index contributed by atoms with van der Waals surface area (Å²) in [5.41, 5.74) is 1.21. The first-order valence-corrected chi connectivity index (χ1v) is 7.47. The Morgan fingerprint density at radius 2 is 1.90 bits per heavy atom. The second-order valence-electron chi connectivity index (χ2n) is 4.86. The number of rotatable bonds is 7. The van der Waals surface area contributed by atoms with Crippen LogP contribution in [-0.2, 0) is 11.3 Å². The molecule has 1 aromatic rings. The van der Waals surface area contributed by atoms with Crippen molar-refractivity contribution in [1.29, 1.82) is 0 Å². The first-order valence-electron chi connectivity index (χ1n) is 7.47. The van der Waals surface area contributed by atoms with Gasteiger partial charge in [-0.05, 0) is 18.9 Å². The van der Waals surface area contributed by atoms with Gasteiger partial charge >= 0.3 is 0 Å². The molecule has 1 amide bonds. The molecule has 0 aliphatic heterocycles. The predicted octanol–water partition coefficient (Wildman–Crippen LogP) is 1.61. The van der Waals surface area contributed by atoms with E-state index < -0.39 is 0 Å².